The molecule has 3 aromatic heterocycles. The number of imidazole rings is 1. The number of hydrogen-bond donors (Lipinski definition) is 3. The largest absolute Gasteiger partial charge is 0.458 e. The van der Waals surface area contributed by atoms with Gasteiger partial charge in [-0.3, -0.25) is 24.2 Å². The van der Waals surface area contributed by atoms with E-state index in [2.05, 4.69) is 25.2 Å². The Balaban J connectivity index is 1.31. The third-order valence-electron chi connectivity index (χ3n) is 14.1. The average molecular weight is 979 g/mol. The Morgan fingerprint density at radius 2 is 1.73 bits per heavy atom. The number of ketones is 1. The van der Waals surface area contributed by atoms with E-state index in [9.17, 15) is 24.3 Å². The predicted octanol–water partition coefficient (Wildman–Crippen LogP) is 6.45. The van der Waals surface area contributed by atoms with E-state index in [1.165, 1.54) is 36.7 Å². The topological polar surface area (TPSA) is 220 Å². The van der Waals surface area contributed by atoms with E-state index in [1.54, 1.807) is 32.4 Å². The quantitative estimate of drug-likeness (QED) is 0.176. The molecule has 14 atom stereocenters. The first-order valence-corrected chi connectivity index (χ1v) is 24.4. The summed E-state index contributed by atoms with van der Waals surface area (Å²) in [4.78, 5) is 71.8. The summed E-state index contributed by atoms with van der Waals surface area (Å²) in [5, 5.41) is 14.1. The van der Waals surface area contributed by atoms with Crippen LogP contribution in [0.3, 0.4) is 0 Å². The van der Waals surface area contributed by atoms with E-state index in [1.807, 2.05) is 48.7 Å². The van der Waals surface area contributed by atoms with Crippen molar-refractivity contribution in [3.05, 3.63) is 40.5 Å². The summed E-state index contributed by atoms with van der Waals surface area (Å²) in [7, 11) is 5.59. The Bertz CT molecular complexity index is 2250. The Hall–Kier alpha value is -3.62. The number of methoxy groups -OCH3 is 1. The van der Waals surface area contributed by atoms with Crippen LogP contribution >= 0.6 is 35.0 Å². The number of aliphatic hydroxyl groups excluding tert-OH is 1. The van der Waals surface area contributed by atoms with Crippen molar-refractivity contribution >= 4 is 81.1 Å². The van der Waals surface area contributed by atoms with E-state index < -0.39 is 88.5 Å². The highest BCUT2D eigenvalue weighted by Crippen LogP contribution is 2.49. The number of nitrogens with two attached hydrogens (primary N) is 1. The lowest BCUT2D eigenvalue weighted by Gasteiger charge is -2.47. The van der Waals surface area contributed by atoms with E-state index in [0.717, 1.165) is 6.42 Å². The number of aromatic nitrogens is 4. The van der Waals surface area contributed by atoms with Gasteiger partial charge in [-0.1, -0.05) is 50.9 Å². The second-order valence-corrected chi connectivity index (χ2v) is 20.9. The summed E-state index contributed by atoms with van der Waals surface area (Å²) in [6, 6.07) is 0.182. The number of halogens is 2. The zero-order valence-electron chi connectivity index (χ0n) is 39.6. The number of aryl methyl sites for hydroxylation is 1. The molecule has 3 aromatic rings. The van der Waals surface area contributed by atoms with Gasteiger partial charge in [0.2, 0.25) is 0 Å². The number of thioether (sulfide) groups is 1. The number of Topliss-reactive ketones (excluding diaryl/α,β-unsaturated/α-hetero) is 1. The Labute approximate surface area is 400 Å². The van der Waals surface area contributed by atoms with Crippen LogP contribution in [0.4, 0.5) is 11.5 Å². The summed E-state index contributed by atoms with van der Waals surface area (Å²) in [5.74, 6) is -5.38. The van der Waals surface area contributed by atoms with Crippen molar-refractivity contribution in [1.29, 1.82) is 0 Å². The minimum atomic E-state index is -1.43. The molecule has 66 heavy (non-hydrogen) atoms. The van der Waals surface area contributed by atoms with Gasteiger partial charge in [-0.05, 0) is 61.1 Å². The van der Waals surface area contributed by atoms with E-state index in [4.69, 9.17) is 52.6 Å². The lowest BCUT2D eigenvalue weighted by atomic mass is 9.70. The zero-order chi connectivity index (χ0) is 48.6. The average Bonchev–Trinajstić information content (AvgIpc) is 3.81. The molecule has 7 unspecified atom stereocenters. The van der Waals surface area contributed by atoms with Gasteiger partial charge >= 0.3 is 11.9 Å². The van der Waals surface area contributed by atoms with Crippen LogP contribution in [0, 0.1) is 29.6 Å². The van der Waals surface area contributed by atoms with Crippen LogP contribution in [-0.2, 0) is 44.6 Å². The molecule has 3 saturated heterocycles. The number of nitrogens with zero attached hydrogens (tertiary/aromatic N) is 5. The summed E-state index contributed by atoms with van der Waals surface area (Å²) in [5.41, 5.74) is 4.65. The maximum absolute atomic E-state index is 14.9. The molecule has 0 aliphatic carbocycles. The first-order valence-electron chi connectivity index (χ1n) is 22.5. The van der Waals surface area contributed by atoms with Gasteiger partial charge in [-0.2, -0.15) is 0 Å². The maximum Gasteiger partial charge on any atom is 0.320 e. The number of anilines is 2. The number of pyridine rings is 2. The Kier molecular flexibility index (Phi) is 16.4. The van der Waals surface area contributed by atoms with Gasteiger partial charge in [-0.15, -0.1) is 11.8 Å². The number of hydrogen-bond acceptors (Lipinski definition) is 16. The minimum absolute atomic E-state index is 0.0982. The maximum atomic E-state index is 14.9. The fourth-order valence-electron chi connectivity index (χ4n) is 10.3. The van der Waals surface area contributed by atoms with Gasteiger partial charge in [0.05, 0.1) is 63.0 Å². The molecule has 0 saturated carbocycles. The molecular weight excluding hydrogens is 914 g/mol. The van der Waals surface area contributed by atoms with Crippen molar-refractivity contribution in [3.63, 3.8) is 0 Å². The van der Waals surface area contributed by atoms with Crippen molar-refractivity contribution in [2.24, 2.45) is 29.6 Å². The summed E-state index contributed by atoms with van der Waals surface area (Å²) < 4.78 is 33.7. The standard InChI is InChI=1S/C46H65Cl2N7O10S/c1-12-31-46(8)33(39(44(60)65-46)66-14-13-55-21-52-35-36(55)28(18-51-41(35)49)42(58)53-34-29(47)19-50-20-30(34)48)24(4)37(56)22(2)17-45(7,61-11)40(25(5)38(57)26(6)43(59)63-31)64-32-16-27(54(9)10)15-23(3)62-32/h18-27,31-33,38-40,57H,12-17H2,1-11H3,(H2,49,51)(H,50,53,58)/t22-,23?,24?,25+,26?,27?,31-,32+,33?,38+,39?,40-,45?,46-/m1/s1. The number of rotatable bonds is 11. The number of carbonyl (C=O) groups is 4. The molecular formula is C46H65Cl2N7O10S. The molecule has 20 heteroatoms. The number of carbonyl (C=O) groups excluding carboxylic acids is 4. The number of nitrogens with one attached hydrogen (secondary N) is 1. The molecule has 3 aliphatic rings. The number of aliphatic hydroxyl groups is 1. The smallest absolute Gasteiger partial charge is 0.320 e. The zero-order valence-corrected chi connectivity index (χ0v) is 41.9. The van der Waals surface area contributed by atoms with Gasteiger partial charge in [0.1, 0.15) is 22.7 Å². The molecule has 364 valence electrons. The normalized spacial score (nSPS) is 34.7. The van der Waals surface area contributed by atoms with Crippen LogP contribution < -0.4 is 11.1 Å². The third kappa shape index (κ3) is 10.4. The first-order chi connectivity index (χ1) is 31.1. The van der Waals surface area contributed by atoms with Crippen molar-refractivity contribution in [1.82, 2.24) is 24.4 Å². The number of esters is 2. The molecule has 0 aromatic carbocycles. The van der Waals surface area contributed by atoms with Gasteiger partial charge < -0.3 is 49.3 Å². The minimum Gasteiger partial charge on any atom is -0.458 e. The van der Waals surface area contributed by atoms with Gasteiger partial charge in [0, 0.05) is 74.1 Å². The molecule has 0 bridgehead atoms. The van der Waals surface area contributed by atoms with Crippen LogP contribution in [0.15, 0.2) is 24.9 Å². The van der Waals surface area contributed by atoms with Crippen LogP contribution in [0.25, 0.3) is 11.0 Å². The number of ether oxygens (including phenoxy) is 5. The first kappa shape index (κ1) is 51.8. The molecule has 0 spiro atoms. The molecule has 17 nitrogen and oxygen atoms in total. The van der Waals surface area contributed by atoms with Crippen molar-refractivity contribution in [2.45, 2.75) is 141 Å². The lowest BCUT2D eigenvalue weighted by Crippen LogP contribution is -2.57. The van der Waals surface area contributed by atoms with E-state index in [-0.39, 0.29) is 64.4 Å². The van der Waals surface area contributed by atoms with Crippen molar-refractivity contribution < 1.29 is 48.0 Å². The molecule has 3 fully saturated rings. The number of fused-ring (bicyclic) bond motifs is 2. The monoisotopic (exact) mass is 977 g/mol. The van der Waals surface area contributed by atoms with Crippen LogP contribution in [-0.4, -0.2) is 133 Å². The molecule has 1 amide bonds. The molecule has 3 aliphatic heterocycles. The molecule has 6 rings (SSSR count). The SMILES string of the molecule is CC[C@H]1OC(=O)C(C)[C@@H](O)[C@H](C)[C@@H](O[C@H]2CC(N(C)C)CC(C)O2)C(C)(OC)C[C@@H](C)C(=O)C(C)C2C(SCCn3cnc4c(N)ncc(C(=O)Nc5c(Cl)cncc5Cl)c43)C(=O)O[C@@]21C. The highest BCUT2D eigenvalue weighted by atomic mass is 35.5. The van der Waals surface area contributed by atoms with E-state index in [0.29, 0.717) is 23.2 Å². The van der Waals surface area contributed by atoms with Crippen molar-refractivity contribution in [3.8, 4) is 0 Å². The number of cyclic esters (lactones) is 1. The fraction of sp³-hybridized carbons (Fsp3) is 0.674. The van der Waals surface area contributed by atoms with Crippen molar-refractivity contribution in [2.75, 3.05) is 38.0 Å². The van der Waals surface area contributed by atoms with Gasteiger partial charge in [0.15, 0.2) is 17.7 Å². The van der Waals surface area contributed by atoms with Gasteiger partial charge in [0.25, 0.3) is 5.91 Å². The Morgan fingerprint density at radius 1 is 1.05 bits per heavy atom. The highest BCUT2D eigenvalue weighted by molar-refractivity contribution is 8.00. The Morgan fingerprint density at radius 3 is 2.36 bits per heavy atom. The number of nitrogen functional groups attached to an aromatic ring is 1. The van der Waals surface area contributed by atoms with E-state index >= 15 is 0 Å². The van der Waals surface area contributed by atoms with Gasteiger partial charge in [-0.25, -0.2) is 9.97 Å². The summed E-state index contributed by atoms with van der Waals surface area (Å²) in [6.07, 6.45) is 3.64. The number of amides is 1. The highest BCUT2D eigenvalue weighted by Gasteiger charge is 2.61. The molecule has 6 heterocycles. The third-order valence-corrected chi connectivity index (χ3v) is 15.9. The van der Waals surface area contributed by atoms with Crippen LogP contribution in [0.1, 0.15) is 91.4 Å². The van der Waals surface area contributed by atoms with Crippen LogP contribution in [0.5, 0.6) is 0 Å². The molecule has 0 radical (unpaired) electrons. The second-order valence-electron chi connectivity index (χ2n) is 18.9. The van der Waals surface area contributed by atoms with Crippen LogP contribution in [0.2, 0.25) is 10.0 Å². The molecule has 4 N–H and O–H groups in total. The summed E-state index contributed by atoms with van der Waals surface area (Å²) in [6.45, 7) is 14.7. The fourth-order valence-corrected chi connectivity index (χ4v) is 12.2. The summed E-state index contributed by atoms with van der Waals surface area (Å²) >= 11 is 13.9. The second kappa shape index (κ2) is 20.9. The predicted molar refractivity (Wildman–Crippen MR) is 252 cm³/mol. The lowest BCUT2D eigenvalue weighted by molar-refractivity contribution is -0.271.